The molecule has 7 nitrogen and oxygen atoms in total. The zero-order chi connectivity index (χ0) is 20.4. The summed E-state index contributed by atoms with van der Waals surface area (Å²) in [5.74, 6) is 1.06. The summed E-state index contributed by atoms with van der Waals surface area (Å²) in [6.07, 6.45) is 3.44. The van der Waals surface area contributed by atoms with Crippen LogP contribution < -0.4 is 20.5 Å². The van der Waals surface area contributed by atoms with Gasteiger partial charge in [-0.25, -0.2) is 0 Å². The van der Waals surface area contributed by atoms with E-state index in [-0.39, 0.29) is 29.8 Å². The van der Waals surface area contributed by atoms with Crippen LogP contribution in [-0.2, 0) is 11.3 Å². The van der Waals surface area contributed by atoms with Crippen LogP contribution in [0.3, 0.4) is 0 Å². The van der Waals surface area contributed by atoms with E-state index in [4.69, 9.17) is 27.4 Å². The van der Waals surface area contributed by atoms with E-state index < -0.39 is 0 Å². The smallest absolute Gasteiger partial charge is 0.244 e. The third-order valence-electron chi connectivity index (χ3n) is 4.48. The summed E-state index contributed by atoms with van der Waals surface area (Å²) in [6.45, 7) is 0.271. The second kappa shape index (κ2) is 7.66. The largest absolute Gasteiger partial charge is 0.454 e. The summed E-state index contributed by atoms with van der Waals surface area (Å²) in [7, 11) is 0. The molecular weight excluding hydrogens is 388 g/mol. The zero-order valence-corrected chi connectivity index (χ0v) is 16.0. The van der Waals surface area contributed by atoms with Crippen LogP contribution in [0.5, 0.6) is 11.5 Å². The topological polar surface area (TPSA) is 102 Å². The Bertz CT molecular complexity index is 1210. The number of hydrogen-bond acceptors (Lipinski definition) is 5. The minimum atomic E-state index is -0.199. The minimum absolute atomic E-state index is 0.0323. The molecule has 144 valence electrons. The van der Waals surface area contributed by atoms with Crippen LogP contribution >= 0.6 is 12.2 Å². The van der Waals surface area contributed by atoms with Crippen molar-refractivity contribution in [3.63, 3.8) is 0 Å². The first-order chi connectivity index (χ1) is 14.0. The normalized spacial score (nSPS) is 12.6. The van der Waals surface area contributed by atoms with Crippen LogP contribution in [0, 0.1) is 11.3 Å². The molecule has 4 rings (SSSR count). The maximum Gasteiger partial charge on any atom is 0.244 e. The molecule has 3 N–H and O–H groups in total. The minimum Gasteiger partial charge on any atom is -0.454 e. The van der Waals surface area contributed by atoms with Crippen LogP contribution in [0.25, 0.3) is 17.0 Å². The molecule has 0 fully saturated rings. The van der Waals surface area contributed by atoms with Gasteiger partial charge in [0.2, 0.25) is 12.7 Å². The SMILES string of the molecule is N#C/C(=C\c1cn(CC(=O)Nc2ccc3c(c2)OCO3)c2ccccc12)C(N)=S. The Labute approximate surface area is 171 Å². The number of para-hydroxylation sites is 1. The maximum absolute atomic E-state index is 12.6. The first-order valence-corrected chi connectivity index (χ1v) is 9.15. The molecule has 0 atom stereocenters. The van der Waals surface area contributed by atoms with Gasteiger partial charge in [0, 0.05) is 34.4 Å². The number of aromatic nitrogens is 1. The summed E-state index contributed by atoms with van der Waals surface area (Å²) in [4.78, 5) is 12.6. The van der Waals surface area contributed by atoms with Crippen molar-refractivity contribution in [1.29, 1.82) is 5.26 Å². The maximum atomic E-state index is 12.6. The molecule has 8 heteroatoms. The number of nitrogens with zero attached hydrogens (tertiary/aromatic N) is 2. The summed E-state index contributed by atoms with van der Waals surface area (Å²) >= 11 is 4.92. The number of fused-ring (bicyclic) bond motifs is 2. The lowest BCUT2D eigenvalue weighted by atomic mass is 10.1. The molecule has 2 heterocycles. The van der Waals surface area contributed by atoms with Crippen molar-refractivity contribution in [2.75, 3.05) is 12.1 Å². The fraction of sp³-hybridized carbons (Fsp3) is 0.0952. The molecule has 2 aromatic carbocycles. The second-order valence-electron chi connectivity index (χ2n) is 6.38. The van der Waals surface area contributed by atoms with Crippen molar-refractivity contribution in [1.82, 2.24) is 4.57 Å². The molecule has 0 saturated heterocycles. The predicted octanol–water partition coefficient (Wildman–Crippen LogP) is 3.20. The number of amides is 1. The highest BCUT2D eigenvalue weighted by Crippen LogP contribution is 2.34. The third-order valence-corrected chi connectivity index (χ3v) is 4.70. The molecule has 0 spiro atoms. The van der Waals surface area contributed by atoms with Gasteiger partial charge in [0.05, 0.1) is 5.57 Å². The fourth-order valence-electron chi connectivity index (χ4n) is 3.16. The Kier molecular flexibility index (Phi) is 4.89. The molecule has 0 saturated carbocycles. The number of nitrogens with one attached hydrogen (secondary N) is 1. The van der Waals surface area contributed by atoms with Gasteiger partial charge in [0.15, 0.2) is 11.5 Å². The van der Waals surface area contributed by atoms with Crippen LogP contribution in [0.1, 0.15) is 5.56 Å². The Morgan fingerprint density at radius 1 is 1.28 bits per heavy atom. The molecule has 29 heavy (non-hydrogen) atoms. The molecule has 1 aromatic heterocycles. The van der Waals surface area contributed by atoms with Crippen LogP contribution in [0.4, 0.5) is 5.69 Å². The average molecular weight is 404 g/mol. The highest BCUT2D eigenvalue weighted by atomic mass is 32.1. The van der Waals surface area contributed by atoms with Gasteiger partial charge in [-0.05, 0) is 24.3 Å². The fourth-order valence-corrected chi connectivity index (χ4v) is 3.27. The number of ether oxygens (including phenoxy) is 2. The zero-order valence-electron chi connectivity index (χ0n) is 15.2. The highest BCUT2D eigenvalue weighted by molar-refractivity contribution is 7.80. The van der Waals surface area contributed by atoms with Gasteiger partial charge in [-0.2, -0.15) is 5.26 Å². The van der Waals surface area contributed by atoms with E-state index in [1.54, 1.807) is 30.5 Å². The van der Waals surface area contributed by atoms with Crippen LogP contribution in [0.2, 0.25) is 0 Å². The molecular formula is C21H16N4O3S. The lowest BCUT2D eigenvalue weighted by molar-refractivity contribution is -0.116. The van der Waals surface area contributed by atoms with E-state index in [0.717, 1.165) is 16.5 Å². The molecule has 1 aliphatic rings. The molecule has 0 bridgehead atoms. The first-order valence-electron chi connectivity index (χ1n) is 8.74. The Hall–Kier alpha value is -3.83. The van der Waals surface area contributed by atoms with Gasteiger partial charge in [-0.3, -0.25) is 4.79 Å². The number of benzene rings is 2. The number of rotatable bonds is 5. The van der Waals surface area contributed by atoms with Crippen molar-refractivity contribution in [3.8, 4) is 17.6 Å². The van der Waals surface area contributed by atoms with Crippen LogP contribution in [0.15, 0.2) is 54.2 Å². The van der Waals surface area contributed by atoms with Gasteiger partial charge in [-0.1, -0.05) is 30.4 Å². The molecule has 1 aliphatic heterocycles. The first kappa shape index (κ1) is 18.5. The molecule has 0 radical (unpaired) electrons. The molecule has 0 aliphatic carbocycles. The van der Waals surface area contributed by atoms with E-state index in [1.807, 2.05) is 34.9 Å². The van der Waals surface area contributed by atoms with Crippen molar-refractivity contribution in [2.45, 2.75) is 6.54 Å². The number of nitrogens with two attached hydrogens (primary N) is 1. The summed E-state index contributed by atoms with van der Waals surface area (Å²) in [5.41, 5.74) is 8.06. The number of carbonyl (C=O) groups is 1. The number of nitriles is 1. The van der Waals surface area contributed by atoms with E-state index in [2.05, 4.69) is 5.32 Å². The number of hydrogen-bond donors (Lipinski definition) is 2. The number of carbonyl (C=O) groups excluding carboxylic acids is 1. The predicted molar refractivity (Wildman–Crippen MR) is 114 cm³/mol. The molecule has 0 unspecified atom stereocenters. The highest BCUT2D eigenvalue weighted by Gasteiger charge is 2.15. The average Bonchev–Trinajstić information content (AvgIpc) is 3.30. The van der Waals surface area contributed by atoms with Crippen LogP contribution in [-0.4, -0.2) is 22.3 Å². The molecule has 3 aromatic rings. The summed E-state index contributed by atoms with van der Waals surface area (Å²) < 4.78 is 12.4. The number of thiocarbonyl (C=S) groups is 1. The van der Waals surface area contributed by atoms with Crippen molar-refractivity contribution < 1.29 is 14.3 Å². The number of anilines is 1. The van der Waals surface area contributed by atoms with Gasteiger partial charge < -0.3 is 25.1 Å². The van der Waals surface area contributed by atoms with E-state index in [1.165, 1.54) is 0 Å². The monoisotopic (exact) mass is 404 g/mol. The quantitative estimate of drug-likeness (QED) is 0.385. The Morgan fingerprint density at radius 3 is 2.86 bits per heavy atom. The van der Waals surface area contributed by atoms with Crippen molar-refractivity contribution >= 4 is 45.8 Å². The van der Waals surface area contributed by atoms with E-state index in [0.29, 0.717) is 17.2 Å². The molecule has 1 amide bonds. The van der Waals surface area contributed by atoms with E-state index >= 15 is 0 Å². The second-order valence-corrected chi connectivity index (χ2v) is 6.82. The van der Waals surface area contributed by atoms with Gasteiger partial charge in [0.25, 0.3) is 0 Å². The lowest BCUT2D eigenvalue weighted by Gasteiger charge is -2.08. The van der Waals surface area contributed by atoms with Gasteiger partial charge in [-0.15, -0.1) is 0 Å². The van der Waals surface area contributed by atoms with Gasteiger partial charge in [0.1, 0.15) is 17.6 Å². The van der Waals surface area contributed by atoms with E-state index in [9.17, 15) is 10.1 Å². The summed E-state index contributed by atoms with van der Waals surface area (Å²) in [6, 6.07) is 14.9. The van der Waals surface area contributed by atoms with Crippen molar-refractivity contribution in [2.24, 2.45) is 5.73 Å². The summed E-state index contributed by atoms with van der Waals surface area (Å²) in [5, 5.41) is 13.0. The van der Waals surface area contributed by atoms with Crippen molar-refractivity contribution in [3.05, 3.63) is 59.8 Å². The van der Waals surface area contributed by atoms with Gasteiger partial charge >= 0.3 is 0 Å². The standard InChI is InChI=1S/C21H16N4O3S/c22-9-13(21(23)29)7-14-10-25(17-4-2-1-3-16(14)17)11-20(26)24-15-5-6-18-19(8-15)28-12-27-18/h1-8,10H,11-12H2,(H2,23,29)(H,24,26)/b13-7+. The third kappa shape index (κ3) is 3.77. The Balaban J connectivity index is 1.60. The lowest BCUT2D eigenvalue weighted by Crippen LogP contribution is -2.18. The Morgan fingerprint density at radius 2 is 2.07 bits per heavy atom.